The molecule has 4 heterocycles. The number of imidazole rings is 1. The summed E-state index contributed by atoms with van der Waals surface area (Å²) >= 11 is 0. The lowest BCUT2D eigenvalue weighted by Crippen LogP contribution is -2.54. The normalized spacial score (nSPS) is 24.2. The van der Waals surface area contributed by atoms with Gasteiger partial charge in [0.2, 0.25) is 5.91 Å². The number of nitrogens with zero attached hydrogens (tertiary/aromatic N) is 5. The van der Waals surface area contributed by atoms with E-state index in [0.29, 0.717) is 11.9 Å². The molecule has 1 spiro atoms. The monoisotopic (exact) mass is 549 g/mol. The summed E-state index contributed by atoms with van der Waals surface area (Å²) in [5.41, 5.74) is 0.567. The number of carbonyl (C=O) groups excluding carboxylic acids is 2. The lowest BCUT2D eigenvalue weighted by molar-refractivity contribution is -0.140. The van der Waals surface area contributed by atoms with Gasteiger partial charge in [-0.15, -0.1) is 0 Å². The molecule has 2 amide bonds. The number of aromatic nitrogens is 2. The highest BCUT2D eigenvalue weighted by Gasteiger charge is 2.52. The van der Waals surface area contributed by atoms with Crippen molar-refractivity contribution in [3.63, 3.8) is 0 Å². The second-order valence-electron chi connectivity index (χ2n) is 12.4. The van der Waals surface area contributed by atoms with Gasteiger partial charge < -0.3 is 14.4 Å². The van der Waals surface area contributed by atoms with Gasteiger partial charge in [0.05, 0.1) is 17.3 Å². The van der Waals surface area contributed by atoms with Crippen LogP contribution in [0.15, 0.2) is 73.3 Å². The average Bonchev–Trinajstić information content (AvgIpc) is 3.60. The smallest absolute Gasteiger partial charge is 0.255 e. The molecule has 3 fully saturated rings. The highest BCUT2D eigenvalue weighted by atomic mass is 16.2. The van der Waals surface area contributed by atoms with Gasteiger partial charge in [-0.05, 0) is 73.2 Å². The fourth-order valence-electron chi connectivity index (χ4n) is 7.89. The Bertz CT molecular complexity index is 1520. The average molecular weight is 550 g/mol. The summed E-state index contributed by atoms with van der Waals surface area (Å²) in [5, 5.41) is 4.28. The first-order chi connectivity index (χ1) is 20.0. The molecule has 212 valence electrons. The molecule has 7 rings (SSSR count). The van der Waals surface area contributed by atoms with Crippen molar-refractivity contribution in [3.05, 3.63) is 78.9 Å². The Morgan fingerprint density at radius 1 is 0.976 bits per heavy atom. The van der Waals surface area contributed by atoms with E-state index < -0.39 is 0 Å². The zero-order valence-electron chi connectivity index (χ0n) is 23.9. The Labute approximate surface area is 241 Å². The molecule has 1 aromatic heterocycles. The first kappa shape index (κ1) is 26.2. The molecule has 7 nitrogen and oxygen atoms in total. The van der Waals surface area contributed by atoms with Crippen molar-refractivity contribution in [1.82, 2.24) is 24.3 Å². The number of rotatable bonds is 5. The maximum absolute atomic E-state index is 14.0. The molecule has 3 saturated heterocycles. The van der Waals surface area contributed by atoms with Crippen LogP contribution in [0.3, 0.4) is 0 Å². The Morgan fingerprint density at radius 2 is 1.68 bits per heavy atom. The summed E-state index contributed by atoms with van der Waals surface area (Å²) in [6.45, 7) is 7.14. The molecule has 0 radical (unpaired) electrons. The molecule has 3 aromatic carbocycles. The minimum atomic E-state index is -0.262. The molecule has 2 unspecified atom stereocenters. The van der Waals surface area contributed by atoms with E-state index in [1.54, 1.807) is 6.20 Å². The van der Waals surface area contributed by atoms with Crippen LogP contribution in [0.2, 0.25) is 0 Å². The molecule has 41 heavy (non-hydrogen) atoms. The van der Waals surface area contributed by atoms with E-state index in [4.69, 9.17) is 0 Å². The molecule has 3 aliphatic heterocycles. The predicted octanol–water partition coefficient (Wildman–Crippen LogP) is 5.20. The van der Waals surface area contributed by atoms with Crippen LogP contribution in [-0.2, 0) is 11.3 Å². The van der Waals surface area contributed by atoms with E-state index in [2.05, 4.69) is 56.9 Å². The number of benzene rings is 3. The van der Waals surface area contributed by atoms with Crippen LogP contribution in [0.5, 0.6) is 0 Å². The van der Waals surface area contributed by atoms with Crippen molar-refractivity contribution < 1.29 is 9.59 Å². The van der Waals surface area contributed by atoms with Gasteiger partial charge in [0.1, 0.15) is 0 Å². The van der Waals surface area contributed by atoms with Crippen molar-refractivity contribution in [2.24, 2.45) is 5.41 Å². The molecule has 3 aliphatic rings. The number of fused-ring (bicyclic) bond motifs is 2. The molecule has 0 aliphatic carbocycles. The van der Waals surface area contributed by atoms with Gasteiger partial charge in [0, 0.05) is 57.2 Å². The van der Waals surface area contributed by atoms with Crippen LogP contribution >= 0.6 is 0 Å². The third-order valence-electron chi connectivity index (χ3n) is 9.95. The fourth-order valence-corrected chi connectivity index (χ4v) is 7.89. The standard InChI is InChI=1S/C34H39N5O2/c1-25-22-34(33(41)39(25)20-19-36-18-14-35-24-36)13-6-15-38(23-34)28-11-16-37(17-12-28)32(40)31-29-9-4-2-7-26(29)21-27-8-3-5-10-30(27)31/h2-5,7-10,14,18,21,24-25,28H,6,11-13,15-17,19-20,22-23H2,1H3. The third-order valence-corrected chi connectivity index (χ3v) is 9.95. The van der Waals surface area contributed by atoms with Crippen molar-refractivity contribution in [2.45, 2.75) is 57.7 Å². The van der Waals surface area contributed by atoms with Gasteiger partial charge in [-0.1, -0.05) is 48.5 Å². The van der Waals surface area contributed by atoms with Gasteiger partial charge >= 0.3 is 0 Å². The van der Waals surface area contributed by atoms with E-state index >= 15 is 0 Å². The zero-order valence-corrected chi connectivity index (χ0v) is 23.9. The Kier molecular flexibility index (Phi) is 6.78. The Morgan fingerprint density at radius 3 is 2.37 bits per heavy atom. The lowest BCUT2D eigenvalue weighted by atomic mass is 9.76. The van der Waals surface area contributed by atoms with Crippen molar-refractivity contribution in [2.75, 3.05) is 32.7 Å². The van der Waals surface area contributed by atoms with Crippen LogP contribution in [0.4, 0.5) is 0 Å². The van der Waals surface area contributed by atoms with Crippen LogP contribution < -0.4 is 0 Å². The van der Waals surface area contributed by atoms with E-state index in [-0.39, 0.29) is 17.4 Å². The minimum Gasteiger partial charge on any atom is -0.338 e. The quantitative estimate of drug-likeness (QED) is 0.321. The lowest BCUT2D eigenvalue weighted by Gasteiger charge is -2.45. The number of carbonyl (C=O) groups is 2. The van der Waals surface area contributed by atoms with Gasteiger partial charge in [-0.25, -0.2) is 4.98 Å². The van der Waals surface area contributed by atoms with Gasteiger partial charge in [0.15, 0.2) is 0 Å². The molecule has 4 aromatic rings. The maximum atomic E-state index is 14.0. The fraction of sp³-hybridized carbons (Fsp3) is 0.441. The topological polar surface area (TPSA) is 61.7 Å². The highest BCUT2D eigenvalue weighted by molar-refractivity contribution is 6.18. The van der Waals surface area contributed by atoms with Gasteiger partial charge in [-0.2, -0.15) is 0 Å². The maximum Gasteiger partial charge on any atom is 0.255 e. The number of hydrogen-bond acceptors (Lipinski definition) is 4. The highest BCUT2D eigenvalue weighted by Crippen LogP contribution is 2.44. The molecule has 7 heteroatoms. The van der Waals surface area contributed by atoms with Crippen molar-refractivity contribution in [1.29, 1.82) is 0 Å². The van der Waals surface area contributed by atoms with Gasteiger partial charge in [-0.3, -0.25) is 14.5 Å². The third kappa shape index (κ3) is 4.70. The minimum absolute atomic E-state index is 0.139. The predicted molar refractivity (Wildman–Crippen MR) is 162 cm³/mol. The second-order valence-corrected chi connectivity index (χ2v) is 12.4. The molecular weight excluding hydrogens is 510 g/mol. The number of hydrogen-bond donors (Lipinski definition) is 0. The summed E-state index contributed by atoms with van der Waals surface area (Å²) in [4.78, 5) is 38.7. The molecule has 0 N–H and O–H groups in total. The van der Waals surface area contributed by atoms with Crippen LogP contribution in [-0.4, -0.2) is 80.9 Å². The summed E-state index contributed by atoms with van der Waals surface area (Å²) in [7, 11) is 0. The molecular formula is C34H39N5O2. The summed E-state index contributed by atoms with van der Waals surface area (Å²) in [6.07, 6.45) is 10.5. The van der Waals surface area contributed by atoms with E-state index in [9.17, 15) is 9.59 Å². The van der Waals surface area contributed by atoms with Crippen molar-refractivity contribution in [3.8, 4) is 0 Å². The molecule has 0 bridgehead atoms. The first-order valence-electron chi connectivity index (χ1n) is 15.2. The summed E-state index contributed by atoms with van der Waals surface area (Å²) in [5.74, 6) is 0.477. The van der Waals surface area contributed by atoms with E-state index in [1.807, 2.05) is 41.4 Å². The van der Waals surface area contributed by atoms with Crippen molar-refractivity contribution >= 4 is 33.4 Å². The zero-order chi connectivity index (χ0) is 28.0. The van der Waals surface area contributed by atoms with Gasteiger partial charge in [0.25, 0.3) is 5.91 Å². The largest absolute Gasteiger partial charge is 0.338 e. The van der Waals surface area contributed by atoms with E-state index in [1.165, 1.54) is 0 Å². The molecule has 0 saturated carbocycles. The van der Waals surface area contributed by atoms with Crippen LogP contribution in [0.1, 0.15) is 49.4 Å². The van der Waals surface area contributed by atoms with E-state index in [0.717, 1.165) is 98.5 Å². The summed E-state index contributed by atoms with van der Waals surface area (Å²) in [6, 6.07) is 19.3. The summed E-state index contributed by atoms with van der Waals surface area (Å²) < 4.78 is 2.05. The first-order valence-corrected chi connectivity index (χ1v) is 15.2. The molecule has 2 atom stereocenters. The Hall–Kier alpha value is -3.71. The number of amides is 2. The van der Waals surface area contributed by atoms with Crippen LogP contribution in [0.25, 0.3) is 21.5 Å². The Balaban J connectivity index is 1.04. The number of likely N-dealkylation sites (tertiary alicyclic amines) is 3. The second kappa shape index (κ2) is 10.6. The number of piperidine rings is 2. The SMILES string of the molecule is CC1CC2(CCCN(C3CCN(C(=O)c4c5ccccc5cc5ccccc45)CC3)C2)C(=O)N1CCn1ccnc1. The van der Waals surface area contributed by atoms with Crippen LogP contribution in [0, 0.1) is 5.41 Å².